The van der Waals surface area contributed by atoms with Gasteiger partial charge in [0, 0.05) is 22.9 Å². The number of nitro groups is 1. The predicted molar refractivity (Wildman–Crippen MR) is 66.8 cm³/mol. The SMILES string of the molecule is CCC(CC)OC(C[N+](=O)[O-])c1cnc(C)nc1. The van der Waals surface area contributed by atoms with Crippen molar-refractivity contribution in [1.82, 2.24) is 9.97 Å². The van der Waals surface area contributed by atoms with E-state index in [-0.39, 0.29) is 17.6 Å². The van der Waals surface area contributed by atoms with E-state index in [0.29, 0.717) is 11.4 Å². The van der Waals surface area contributed by atoms with Crippen molar-refractivity contribution in [3.8, 4) is 0 Å². The van der Waals surface area contributed by atoms with Crippen LogP contribution in [0.25, 0.3) is 0 Å². The van der Waals surface area contributed by atoms with Gasteiger partial charge in [-0.2, -0.15) is 0 Å². The summed E-state index contributed by atoms with van der Waals surface area (Å²) in [5.74, 6) is 0.640. The highest BCUT2D eigenvalue weighted by molar-refractivity contribution is 5.09. The van der Waals surface area contributed by atoms with Gasteiger partial charge in [0.05, 0.1) is 6.10 Å². The molecule has 0 aromatic carbocycles. The molecule has 1 atom stereocenters. The summed E-state index contributed by atoms with van der Waals surface area (Å²) in [6, 6.07) is 0. The van der Waals surface area contributed by atoms with Crippen LogP contribution in [0, 0.1) is 17.0 Å². The number of hydrogen-bond donors (Lipinski definition) is 0. The maximum absolute atomic E-state index is 10.7. The van der Waals surface area contributed by atoms with Crippen molar-refractivity contribution in [2.75, 3.05) is 6.54 Å². The van der Waals surface area contributed by atoms with Crippen LogP contribution in [0.2, 0.25) is 0 Å². The third-order valence-corrected chi connectivity index (χ3v) is 2.75. The van der Waals surface area contributed by atoms with Gasteiger partial charge in [-0.15, -0.1) is 0 Å². The van der Waals surface area contributed by atoms with Crippen molar-refractivity contribution < 1.29 is 9.66 Å². The van der Waals surface area contributed by atoms with Crippen molar-refractivity contribution in [2.45, 2.75) is 45.8 Å². The summed E-state index contributed by atoms with van der Waals surface area (Å²) in [7, 11) is 0. The zero-order valence-electron chi connectivity index (χ0n) is 11.0. The van der Waals surface area contributed by atoms with Crippen LogP contribution < -0.4 is 0 Å². The summed E-state index contributed by atoms with van der Waals surface area (Å²) in [5, 5.41) is 10.7. The Labute approximate surface area is 107 Å². The Bertz CT molecular complexity index is 377. The molecule has 1 aromatic heterocycles. The highest BCUT2D eigenvalue weighted by Gasteiger charge is 2.22. The molecule has 0 aliphatic rings. The van der Waals surface area contributed by atoms with E-state index in [4.69, 9.17) is 4.74 Å². The topological polar surface area (TPSA) is 78.2 Å². The van der Waals surface area contributed by atoms with E-state index < -0.39 is 6.10 Å². The second kappa shape index (κ2) is 7.00. The zero-order valence-corrected chi connectivity index (χ0v) is 11.0. The Morgan fingerprint density at radius 2 is 1.89 bits per heavy atom. The third-order valence-electron chi connectivity index (χ3n) is 2.75. The van der Waals surface area contributed by atoms with E-state index in [2.05, 4.69) is 9.97 Å². The van der Waals surface area contributed by atoms with Gasteiger partial charge in [0.15, 0.2) is 6.10 Å². The first-order valence-electron chi connectivity index (χ1n) is 6.12. The molecule has 0 saturated carbocycles. The largest absolute Gasteiger partial charge is 0.363 e. The Morgan fingerprint density at radius 1 is 1.33 bits per heavy atom. The molecule has 0 amide bonds. The summed E-state index contributed by atoms with van der Waals surface area (Å²) in [6.45, 7) is 5.52. The van der Waals surface area contributed by atoms with Crippen LogP contribution >= 0.6 is 0 Å². The minimum Gasteiger partial charge on any atom is -0.363 e. The number of aromatic nitrogens is 2. The van der Waals surface area contributed by atoms with E-state index in [1.54, 1.807) is 19.3 Å². The average molecular weight is 253 g/mol. The van der Waals surface area contributed by atoms with Crippen LogP contribution in [0.1, 0.15) is 44.2 Å². The van der Waals surface area contributed by atoms with Crippen molar-refractivity contribution in [3.05, 3.63) is 33.9 Å². The van der Waals surface area contributed by atoms with Crippen molar-refractivity contribution >= 4 is 0 Å². The van der Waals surface area contributed by atoms with E-state index >= 15 is 0 Å². The Kier molecular flexibility index (Phi) is 5.64. The lowest BCUT2D eigenvalue weighted by Gasteiger charge is -2.20. The second-order valence-corrected chi connectivity index (χ2v) is 4.14. The smallest absolute Gasteiger partial charge is 0.233 e. The van der Waals surface area contributed by atoms with Crippen molar-refractivity contribution in [1.29, 1.82) is 0 Å². The molecule has 0 fully saturated rings. The standard InChI is InChI=1S/C12H19N3O3/c1-4-11(5-2)18-12(8-15(16)17)10-6-13-9(3)14-7-10/h6-7,11-12H,4-5,8H2,1-3H3. The summed E-state index contributed by atoms with van der Waals surface area (Å²) < 4.78 is 5.76. The quantitative estimate of drug-likeness (QED) is 0.550. The first-order valence-corrected chi connectivity index (χ1v) is 6.12. The fourth-order valence-corrected chi connectivity index (χ4v) is 1.64. The average Bonchev–Trinajstić information content (AvgIpc) is 2.35. The molecule has 6 heteroatoms. The molecular formula is C12H19N3O3. The lowest BCUT2D eigenvalue weighted by atomic mass is 10.1. The summed E-state index contributed by atoms with van der Waals surface area (Å²) in [6.07, 6.45) is 4.30. The molecule has 6 nitrogen and oxygen atoms in total. The molecule has 0 saturated heterocycles. The number of rotatable bonds is 7. The van der Waals surface area contributed by atoms with Crippen molar-refractivity contribution in [3.63, 3.8) is 0 Å². The highest BCUT2D eigenvalue weighted by atomic mass is 16.6. The normalized spacial score (nSPS) is 12.7. The minimum atomic E-state index is -0.578. The van der Waals surface area contributed by atoms with Crippen molar-refractivity contribution in [2.24, 2.45) is 0 Å². The number of ether oxygens (including phenoxy) is 1. The molecule has 1 unspecified atom stereocenters. The molecule has 0 radical (unpaired) electrons. The van der Waals surface area contributed by atoms with Crippen LogP contribution in [0.15, 0.2) is 12.4 Å². The van der Waals surface area contributed by atoms with E-state index in [1.165, 1.54) is 0 Å². The first-order chi connectivity index (χ1) is 8.56. The lowest BCUT2D eigenvalue weighted by Crippen LogP contribution is -2.22. The van der Waals surface area contributed by atoms with Crippen LogP contribution in [0.4, 0.5) is 0 Å². The minimum absolute atomic E-state index is 0.0243. The molecule has 18 heavy (non-hydrogen) atoms. The monoisotopic (exact) mass is 253 g/mol. The third kappa shape index (κ3) is 4.37. The van der Waals surface area contributed by atoms with Gasteiger partial charge >= 0.3 is 0 Å². The molecule has 1 aromatic rings. The fourth-order valence-electron chi connectivity index (χ4n) is 1.64. The Hall–Kier alpha value is -1.56. The van der Waals surface area contributed by atoms with Gasteiger partial charge in [-0.05, 0) is 19.8 Å². The molecular weight excluding hydrogens is 234 g/mol. The number of hydrogen-bond acceptors (Lipinski definition) is 5. The molecule has 0 bridgehead atoms. The van der Waals surface area contributed by atoms with Crippen LogP contribution in [-0.4, -0.2) is 27.5 Å². The highest BCUT2D eigenvalue weighted by Crippen LogP contribution is 2.20. The summed E-state index contributed by atoms with van der Waals surface area (Å²) >= 11 is 0. The van der Waals surface area contributed by atoms with Gasteiger partial charge in [-0.1, -0.05) is 13.8 Å². The Morgan fingerprint density at radius 3 is 2.33 bits per heavy atom. The van der Waals surface area contributed by atoms with Gasteiger partial charge in [-0.25, -0.2) is 9.97 Å². The maximum atomic E-state index is 10.7. The van der Waals surface area contributed by atoms with Crippen LogP contribution in [-0.2, 0) is 4.74 Å². The van der Waals surface area contributed by atoms with Gasteiger partial charge in [0.2, 0.25) is 6.54 Å². The fraction of sp³-hybridized carbons (Fsp3) is 0.667. The summed E-state index contributed by atoms with van der Waals surface area (Å²) in [4.78, 5) is 18.4. The second-order valence-electron chi connectivity index (χ2n) is 4.14. The van der Waals surface area contributed by atoms with Crippen LogP contribution in [0.5, 0.6) is 0 Å². The molecule has 0 aliphatic heterocycles. The maximum Gasteiger partial charge on any atom is 0.233 e. The van der Waals surface area contributed by atoms with E-state index in [1.807, 2.05) is 13.8 Å². The van der Waals surface area contributed by atoms with Gasteiger partial charge in [0.1, 0.15) is 5.82 Å². The van der Waals surface area contributed by atoms with Gasteiger partial charge < -0.3 is 4.74 Å². The lowest BCUT2D eigenvalue weighted by molar-refractivity contribution is -0.493. The van der Waals surface area contributed by atoms with Gasteiger partial charge in [-0.3, -0.25) is 10.1 Å². The number of aryl methyl sites for hydroxylation is 1. The van der Waals surface area contributed by atoms with Gasteiger partial charge in [0.25, 0.3) is 0 Å². The summed E-state index contributed by atoms with van der Waals surface area (Å²) in [5.41, 5.74) is 0.657. The molecule has 100 valence electrons. The molecule has 1 rings (SSSR count). The van der Waals surface area contributed by atoms with E-state index in [0.717, 1.165) is 12.8 Å². The molecule has 0 N–H and O–H groups in total. The first kappa shape index (κ1) is 14.5. The Balaban J connectivity index is 2.83. The predicted octanol–water partition coefficient (Wildman–Crippen LogP) is 2.31. The molecule has 1 heterocycles. The molecule has 0 aliphatic carbocycles. The number of nitrogens with zero attached hydrogens (tertiary/aromatic N) is 3. The van der Waals surface area contributed by atoms with Crippen LogP contribution in [0.3, 0.4) is 0 Å². The molecule has 0 spiro atoms. The zero-order chi connectivity index (χ0) is 13.5. The van der Waals surface area contributed by atoms with E-state index in [9.17, 15) is 10.1 Å².